The average Bonchev–Trinajstić information content (AvgIpc) is 2.93. The van der Waals surface area contributed by atoms with Crippen molar-refractivity contribution in [1.29, 1.82) is 0 Å². The van der Waals surface area contributed by atoms with Crippen LogP contribution in [-0.4, -0.2) is 31.9 Å². The third-order valence-corrected chi connectivity index (χ3v) is 3.27. The third kappa shape index (κ3) is 4.13. The number of carbonyl (C=O) groups excluding carboxylic acids is 1. The highest BCUT2D eigenvalue weighted by molar-refractivity contribution is 5.90. The molecule has 110 valence electrons. The molecule has 5 nitrogen and oxygen atoms in total. The van der Waals surface area contributed by atoms with E-state index in [0.717, 1.165) is 36.4 Å². The van der Waals surface area contributed by atoms with Gasteiger partial charge in [0.2, 0.25) is 0 Å². The van der Waals surface area contributed by atoms with Gasteiger partial charge >= 0.3 is 6.03 Å². The van der Waals surface area contributed by atoms with Crippen molar-refractivity contribution in [2.45, 2.75) is 32.8 Å². The zero-order valence-electron chi connectivity index (χ0n) is 12.1. The summed E-state index contributed by atoms with van der Waals surface area (Å²) in [6, 6.07) is 5.42. The predicted octanol–water partition coefficient (Wildman–Crippen LogP) is 2.69. The summed E-state index contributed by atoms with van der Waals surface area (Å²) in [4.78, 5) is 11.8. The van der Waals surface area contributed by atoms with Crippen LogP contribution in [0.25, 0.3) is 0 Å². The lowest BCUT2D eigenvalue weighted by Crippen LogP contribution is -2.35. The molecule has 1 aliphatic rings. The fourth-order valence-corrected chi connectivity index (χ4v) is 2.21. The number of urea groups is 1. The number of ether oxygens (including phenoxy) is 2. The van der Waals surface area contributed by atoms with Gasteiger partial charge in [-0.2, -0.15) is 0 Å². The molecule has 1 unspecified atom stereocenters. The Morgan fingerprint density at radius 1 is 1.50 bits per heavy atom. The van der Waals surface area contributed by atoms with Gasteiger partial charge < -0.3 is 20.1 Å². The number of hydrogen-bond acceptors (Lipinski definition) is 3. The van der Waals surface area contributed by atoms with Crippen molar-refractivity contribution in [3.8, 4) is 5.75 Å². The molecule has 1 heterocycles. The van der Waals surface area contributed by atoms with Gasteiger partial charge in [0.15, 0.2) is 0 Å². The Labute approximate surface area is 119 Å². The lowest BCUT2D eigenvalue weighted by atomic mass is 10.2. The lowest BCUT2D eigenvalue weighted by Gasteiger charge is -2.13. The molecule has 5 heteroatoms. The minimum Gasteiger partial charge on any atom is -0.494 e. The van der Waals surface area contributed by atoms with Crippen molar-refractivity contribution in [3.63, 3.8) is 0 Å². The molecule has 1 atom stereocenters. The molecule has 0 aromatic heterocycles. The van der Waals surface area contributed by atoms with Crippen molar-refractivity contribution in [2.75, 3.05) is 25.1 Å². The average molecular weight is 278 g/mol. The van der Waals surface area contributed by atoms with Crippen LogP contribution in [-0.2, 0) is 4.74 Å². The van der Waals surface area contributed by atoms with E-state index in [1.165, 1.54) is 0 Å². The summed E-state index contributed by atoms with van der Waals surface area (Å²) in [5.41, 5.74) is 1.77. The van der Waals surface area contributed by atoms with Crippen LogP contribution in [0.4, 0.5) is 10.5 Å². The zero-order valence-corrected chi connectivity index (χ0v) is 12.1. The number of anilines is 1. The van der Waals surface area contributed by atoms with E-state index in [1.807, 2.05) is 32.0 Å². The van der Waals surface area contributed by atoms with Gasteiger partial charge in [0, 0.05) is 18.8 Å². The number of hydrogen-bond donors (Lipinski definition) is 2. The number of rotatable bonds is 5. The number of nitrogens with one attached hydrogen (secondary N) is 2. The second-order valence-corrected chi connectivity index (χ2v) is 4.88. The van der Waals surface area contributed by atoms with Crippen molar-refractivity contribution in [2.24, 2.45) is 0 Å². The fraction of sp³-hybridized carbons (Fsp3) is 0.533. The largest absolute Gasteiger partial charge is 0.494 e. The summed E-state index contributed by atoms with van der Waals surface area (Å²) in [5.74, 6) is 0.815. The van der Waals surface area contributed by atoms with Crippen LogP contribution in [0.1, 0.15) is 25.3 Å². The quantitative estimate of drug-likeness (QED) is 0.870. The highest BCUT2D eigenvalue weighted by atomic mass is 16.5. The standard InChI is InChI=1S/C15H22N2O3/c1-3-19-12-6-7-14(11(2)9-12)17-15(18)16-10-13-5-4-8-20-13/h6-7,9,13H,3-5,8,10H2,1-2H3,(H2,16,17,18). The van der Waals surface area contributed by atoms with E-state index >= 15 is 0 Å². The first-order chi connectivity index (χ1) is 9.69. The van der Waals surface area contributed by atoms with Crippen molar-refractivity contribution >= 4 is 11.7 Å². The highest BCUT2D eigenvalue weighted by Gasteiger charge is 2.16. The molecular formula is C15H22N2O3. The summed E-state index contributed by atoms with van der Waals surface area (Å²) < 4.78 is 10.9. The van der Waals surface area contributed by atoms with Crippen LogP contribution in [0.2, 0.25) is 0 Å². The molecule has 2 amide bonds. The van der Waals surface area contributed by atoms with Gasteiger partial charge in [-0.05, 0) is 50.5 Å². The third-order valence-electron chi connectivity index (χ3n) is 3.27. The summed E-state index contributed by atoms with van der Waals surface area (Å²) in [6.07, 6.45) is 2.25. The molecular weight excluding hydrogens is 256 g/mol. The van der Waals surface area contributed by atoms with E-state index in [0.29, 0.717) is 13.2 Å². The van der Waals surface area contributed by atoms with Crippen LogP contribution in [0, 0.1) is 6.92 Å². The van der Waals surface area contributed by atoms with Gasteiger partial charge in [-0.1, -0.05) is 0 Å². The van der Waals surface area contributed by atoms with Gasteiger partial charge in [-0.15, -0.1) is 0 Å². The molecule has 2 N–H and O–H groups in total. The summed E-state index contributed by atoms with van der Waals surface area (Å²) in [5, 5.41) is 5.68. The Kier molecular flexibility index (Phi) is 5.24. The maximum Gasteiger partial charge on any atom is 0.319 e. The summed E-state index contributed by atoms with van der Waals surface area (Å²) in [6.45, 7) is 5.88. The van der Waals surface area contributed by atoms with Crippen LogP contribution < -0.4 is 15.4 Å². The van der Waals surface area contributed by atoms with Gasteiger partial charge in [0.25, 0.3) is 0 Å². The molecule has 0 saturated carbocycles. The SMILES string of the molecule is CCOc1ccc(NC(=O)NCC2CCCO2)c(C)c1. The summed E-state index contributed by atoms with van der Waals surface area (Å²) >= 11 is 0. The second-order valence-electron chi connectivity index (χ2n) is 4.88. The van der Waals surface area contributed by atoms with E-state index in [4.69, 9.17) is 9.47 Å². The maximum atomic E-state index is 11.8. The van der Waals surface area contributed by atoms with Crippen molar-refractivity contribution in [1.82, 2.24) is 5.32 Å². The molecule has 1 saturated heterocycles. The molecule has 0 bridgehead atoms. The van der Waals surface area contributed by atoms with Crippen LogP contribution in [0.5, 0.6) is 5.75 Å². The van der Waals surface area contributed by atoms with Crippen LogP contribution in [0.3, 0.4) is 0 Å². The Morgan fingerprint density at radius 3 is 3.00 bits per heavy atom. The van der Waals surface area contributed by atoms with E-state index in [1.54, 1.807) is 0 Å². The van der Waals surface area contributed by atoms with E-state index in [2.05, 4.69) is 10.6 Å². The predicted molar refractivity (Wildman–Crippen MR) is 78.3 cm³/mol. The molecule has 0 spiro atoms. The smallest absolute Gasteiger partial charge is 0.319 e. The lowest BCUT2D eigenvalue weighted by molar-refractivity contribution is 0.112. The van der Waals surface area contributed by atoms with Gasteiger partial charge in [0.05, 0.1) is 12.7 Å². The van der Waals surface area contributed by atoms with Crippen LogP contribution in [0.15, 0.2) is 18.2 Å². The normalized spacial score (nSPS) is 17.8. The first kappa shape index (κ1) is 14.7. The molecule has 0 radical (unpaired) electrons. The summed E-state index contributed by atoms with van der Waals surface area (Å²) in [7, 11) is 0. The molecule has 1 aromatic rings. The molecule has 2 rings (SSSR count). The van der Waals surface area contributed by atoms with Gasteiger partial charge in [-0.3, -0.25) is 0 Å². The second kappa shape index (κ2) is 7.14. The zero-order chi connectivity index (χ0) is 14.4. The van der Waals surface area contributed by atoms with E-state index in [-0.39, 0.29) is 12.1 Å². The Hall–Kier alpha value is -1.75. The number of aryl methyl sites for hydroxylation is 1. The highest BCUT2D eigenvalue weighted by Crippen LogP contribution is 2.21. The van der Waals surface area contributed by atoms with Gasteiger partial charge in [-0.25, -0.2) is 4.79 Å². The topological polar surface area (TPSA) is 59.6 Å². The monoisotopic (exact) mass is 278 g/mol. The van der Waals surface area contributed by atoms with Crippen molar-refractivity contribution < 1.29 is 14.3 Å². The molecule has 1 fully saturated rings. The number of amides is 2. The minimum absolute atomic E-state index is 0.155. The Bertz CT molecular complexity index is 456. The molecule has 0 aliphatic carbocycles. The first-order valence-electron chi connectivity index (χ1n) is 7.09. The van der Waals surface area contributed by atoms with Gasteiger partial charge in [0.1, 0.15) is 5.75 Å². The van der Waals surface area contributed by atoms with Crippen LogP contribution >= 0.6 is 0 Å². The molecule has 20 heavy (non-hydrogen) atoms. The van der Waals surface area contributed by atoms with E-state index < -0.39 is 0 Å². The number of benzene rings is 1. The maximum absolute atomic E-state index is 11.8. The number of carbonyl (C=O) groups is 1. The van der Waals surface area contributed by atoms with E-state index in [9.17, 15) is 4.79 Å². The Morgan fingerprint density at radius 2 is 2.35 bits per heavy atom. The Balaban J connectivity index is 1.83. The first-order valence-corrected chi connectivity index (χ1v) is 7.09. The minimum atomic E-state index is -0.201. The van der Waals surface area contributed by atoms with Crippen molar-refractivity contribution in [3.05, 3.63) is 23.8 Å². The molecule has 1 aromatic carbocycles. The fourth-order valence-electron chi connectivity index (χ4n) is 2.21. The molecule has 1 aliphatic heterocycles.